The Morgan fingerprint density at radius 2 is 2.04 bits per heavy atom. The van der Waals surface area contributed by atoms with E-state index in [1.165, 1.54) is 6.26 Å². The lowest BCUT2D eigenvalue weighted by Gasteiger charge is -2.04. The number of rotatable bonds is 4. The molecule has 0 bridgehead atoms. The summed E-state index contributed by atoms with van der Waals surface area (Å²) in [4.78, 5) is 29.3. The number of benzene rings is 1. The molecule has 1 aromatic carbocycles. The van der Waals surface area contributed by atoms with Crippen LogP contribution in [0.3, 0.4) is 0 Å². The monoisotopic (exact) mass is 383 g/mol. The molecule has 0 spiro atoms. The summed E-state index contributed by atoms with van der Waals surface area (Å²) < 4.78 is 10.3. The third-order valence-electron chi connectivity index (χ3n) is 3.77. The van der Waals surface area contributed by atoms with Crippen molar-refractivity contribution in [3.63, 3.8) is 0 Å². The van der Waals surface area contributed by atoms with Gasteiger partial charge < -0.3 is 14.3 Å². The van der Waals surface area contributed by atoms with Gasteiger partial charge in [-0.05, 0) is 43.7 Å². The van der Waals surface area contributed by atoms with E-state index in [9.17, 15) is 14.7 Å². The number of nitrogens with zero attached hydrogens (tertiary/aromatic N) is 1. The van der Waals surface area contributed by atoms with E-state index in [2.05, 4.69) is 4.99 Å². The molecule has 0 atom stereocenters. The Morgan fingerprint density at radius 1 is 1.26 bits per heavy atom. The zero-order valence-electron chi connectivity index (χ0n) is 14.8. The van der Waals surface area contributed by atoms with Crippen LogP contribution in [0, 0.1) is 6.92 Å². The summed E-state index contributed by atoms with van der Waals surface area (Å²) in [6, 6.07) is 10.4. The van der Waals surface area contributed by atoms with E-state index < -0.39 is 11.9 Å². The second kappa shape index (κ2) is 8.09. The van der Waals surface area contributed by atoms with Crippen LogP contribution in [0.5, 0.6) is 0 Å². The molecule has 2 heterocycles. The molecule has 7 heteroatoms. The second-order valence-electron chi connectivity index (χ2n) is 5.61. The maximum atomic E-state index is 12.6. The molecular weight excluding hydrogens is 366 g/mol. The quantitative estimate of drug-likeness (QED) is 0.792. The summed E-state index contributed by atoms with van der Waals surface area (Å²) in [5, 5.41) is 10.6. The van der Waals surface area contributed by atoms with E-state index in [4.69, 9.17) is 9.15 Å². The van der Waals surface area contributed by atoms with Crippen molar-refractivity contribution in [2.45, 2.75) is 13.8 Å². The van der Waals surface area contributed by atoms with Gasteiger partial charge in [0.15, 0.2) is 0 Å². The van der Waals surface area contributed by atoms with Gasteiger partial charge in [-0.3, -0.25) is 4.79 Å². The van der Waals surface area contributed by atoms with E-state index in [-0.39, 0.29) is 23.0 Å². The average Bonchev–Trinajstić information content (AvgIpc) is 3.24. The topological polar surface area (TPSA) is 89.1 Å². The van der Waals surface area contributed by atoms with Crippen LogP contribution in [0.1, 0.15) is 28.6 Å². The van der Waals surface area contributed by atoms with Crippen LogP contribution < -0.4 is 0 Å². The van der Waals surface area contributed by atoms with Gasteiger partial charge >= 0.3 is 5.97 Å². The molecule has 1 aliphatic heterocycles. The SMILES string of the molecule is CCOC(=O)C1=C(O)/C(=C/c2ccco2)SC1=NC(=O)c1ccccc1C. The van der Waals surface area contributed by atoms with Gasteiger partial charge in [-0.1, -0.05) is 30.0 Å². The molecule has 1 N–H and O–H groups in total. The minimum Gasteiger partial charge on any atom is -0.506 e. The number of furan rings is 1. The predicted molar refractivity (Wildman–Crippen MR) is 104 cm³/mol. The van der Waals surface area contributed by atoms with Crippen molar-refractivity contribution < 1.29 is 23.8 Å². The first kappa shape index (κ1) is 18.7. The average molecular weight is 383 g/mol. The van der Waals surface area contributed by atoms with Crippen molar-refractivity contribution in [3.05, 3.63) is 75.8 Å². The molecule has 0 saturated carbocycles. The number of ether oxygens (including phenoxy) is 1. The zero-order valence-corrected chi connectivity index (χ0v) is 15.6. The van der Waals surface area contributed by atoms with Gasteiger partial charge in [-0.25, -0.2) is 9.79 Å². The van der Waals surface area contributed by atoms with Gasteiger partial charge in [0.25, 0.3) is 5.91 Å². The molecular formula is C20H17NO5S. The standard InChI is InChI=1S/C20H17NO5S/c1-3-25-20(24)16-17(22)15(11-13-8-6-10-26-13)27-19(16)21-18(23)14-9-5-4-7-12(14)2/h4-11,22H,3H2,1-2H3/b15-11-,21-19?. The Labute approximate surface area is 160 Å². The normalized spacial score (nSPS) is 17.0. The van der Waals surface area contributed by atoms with Crippen LogP contribution in [-0.2, 0) is 9.53 Å². The van der Waals surface area contributed by atoms with Crippen molar-refractivity contribution >= 4 is 34.8 Å². The molecule has 0 radical (unpaired) electrons. The number of carbonyl (C=O) groups is 2. The first-order valence-corrected chi connectivity index (χ1v) is 9.05. The van der Waals surface area contributed by atoms with Crippen LogP contribution in [0.4, 0.5) is 0 Å². The molecule has 3 rings (SSSR count). The van der Waals surface area contributed by atoms with Gasteiger partial charge in [0.1, 0.15) is 22.1 Å². The fourth-order valence-electron chi connectivity index (χ4n) is 2.46. The minimum atomic E-state index is -0.735. The Kier molecular flexibility index (Phi) is 5.61. The van der Waals surface area contributed by atoms with Gasteiger partial charge in [0, 0.05) is 5.56 Å². The molecule has 0 saturated heterocycles. The number of esters is 1. The first-order chi connectivity index (χ1) is 13.0. The fraction of sp³-hybridized carbons (Fsp3) is 0.150. The lowest BCUT2D eigenvalue weighted by atomic mass is 10.1. The predicted octanol–water partition coefficient (Wildman–Crippen LogP) is 4.29. The molecule has 0 aliphatic carbocycles. The summed E-state index contributed by atoms with van der Waals surface area (Å²) in [5.41, 5.74) is 1.07. The third-order valence-corrected chi connectivity index (χ3v) is 4.79. The summed E-state index contributed by atoms with van der Waals surface area (Å²) in [5.74, 6) is -1.02. The maximum Gasteiger partial charge on any atom is 0.344 e. The van der Waals surface area contributed by atoms with Gasteiger partial charge in [0.05, 0.1) is 17.8 Å². The Balaban J connectivity index is 2.02. The second-order valence-corrected chi connectivity index (χ2v) is 6.64. The van der Waals surface area contributed by atoms with Crippen LogP contribution in [0.25, 0.3) is 6.08 Å². The van der Waals surface area contributed by atoms with E-state index in [0.29, 0.717) is 16.2 Å². The van der Waals surface area contributed by atoms with Crippen LogP contribution in [-0.4, -0.2) is 28.6 Å². The molecule has 1 amide bonds. The fourth-order valence-corrected chi connectivity index (χ4v) is 3.45. The molecule has 1 aliphatic rings. The lowest BCUT2D eigenvalue weighted by Crippen LogP contribution is -2.14. The number of carbonyl (C=O) groups excluding carboxylic acids is 2. The number of amides is 1. The summed E-state index contributed by atoms with van der Waals surface area (Å²) in [6.07, 6.45) is 3.07. The molecule has 138 valence electrons. The molecule has 2 aromatic rings. The molecule has 1 aromatic heterocycles. The smallest absolute Gasteiger partial charge is 0.344 e. The van der Waals surface area contributed by atoms with Crippen molar-refractivity contribution in [2.75, 3.05) is 6.61 Å². The summed E-state index contributed by atoms with van der Waals surface area (Å²) >= 11 is 1.01. The van der Waals surface area contributed by atoms with Gasteiger partial charge in [-0.15, -0.1) is 0 Å². The molecule has 0 fully saturated rings. The lowest BCUT2D eigenvalue weighted by molar-refractivity contribution is -0.138. The van der Waals surface area contributed by atoms with Crippen molar-refractivity contribution in [1.82, 2.24) is 0 Å². The number of aliphatic hydroxyl groups is 1. The molecule has 27 heavy (non-hydrogen) atoms. The zero-order chi connectivity index (χ0) is 19.4. The van der Waals surface area contributed by atoms with Crippen molar-refractivity contribution in [3.8, 4) is 0 Å². The van der Waals surface area contributed by atoms with E-state index >= 15 is 0 Å². The Bertz CT molecular complexity index is 970. The Morgan fingerprint density at radius 3 is 2.70 bits per heavy atom. The number of hydrogen-bond acceptors (Lipinski definition) is 6. The number of thioether (sulfide) groups is 1. The van der Waals surface area contributed by atoms with Crippen LogP contribution >= 0.6 is 11.8 Å². The largest absolute Gasteiger partial charge is 0.506 e. The molecule has 6 nitrogen and oxygen atoms in total. The first-order valence-electron chi connectivity index (χ1n) is 8.24. The van der Waals surface area contributed by atoms with E-state index in [0.717, 1.165) is 17.3 Å². The summed E-state index contributed by atoms with van der Waals surface area (Å²) in [6.45, 7) is 3.60. The van der Waals surface area contributed by atoms with Crippen LogP contribution in [0.2, 0.25) is 0 Å². The van der Waals surface area contributed by atoms with E-state index in [1.807, 2.05) is 6.07 Å². The number of aryl methyl sites for hydroxylation is 1. The Hall–Kier alpha value is -3.06. The number of aliphatic imine (C=N–C) groups is 1. The van der Waals surface area contributed by atoms with E-state index in [1.54, 1.807) is 50.3 Å². The van der Waals surface area contributed by atoms with Crippen molar-refractivity contribution in [1.29, 1.82) is 0 Å². The van der Waals surface area contributed by atoms with Crippen molar-refractivity contribution in [2.24, 2.45) is 4.99 Å². The number of aliphatic hydroxyl groups excluding tert-OH is 1. The molecule has 0 unspecified atom stereocenters. The van der Waals surface area contributed by atoms with Gasteiger partial charge in [0.2, 0.25) is 0 Å². The highest BCUT2D eigenvalue weighted by molar-refractivity contribution is 8.18. The highest BCUT2D eigenvalue weighted by Crippen LogP contribution is 2.39. The van der Waals surface area contributed by atoms with Crippen LogP contribution in [0.15, 0.2) is 68.3 Å². The number of hydrogen-bond donors (Lipinski definition) is 1. The summed E-state index contributed by atoms with van der Waals surface area (Å²) in [7, 11) is 0. The maximum absolute atomic E-state index is 12.6. The minimum absolute atomic E-state index is 0.0945. The highest BCUT2D eigenvalue weighted by atomic mass is 32.2. The third kappa shape index (κ3) is 4.03. The highest BCUT2D eigenvalue weighted by Gasteiger charge is 2.34. The van der Waals surface area contributed by atoms with Gasteiger partial charge in [-0.2, -0.15) is 0 Å².